The molecule has 1 heterocycles. The first-order chi connectivity index (χ1) is 4.84. The molecule has 2 nitrogen and oxygen atoms in total. The standard InChI is InChI=1S/C8H11NO/c1-2-3-4-7-5-6-9-8(7)10/h7H,4-6H2,1H3,(H,9,10). The fourth-order valence-corrected chi connectivity index (χ4v) is 1.07. The molecule has 10 heavy (non-hydrogen) atoms. The highest BCUT2D eigenvalue weighted by atomic mass is 16.2. The molecular formula is C8H11NO. The molecule has 0 aromatic carbocycles. The van der Waals surface area contributed by atoms with Crippen LogP contribution in [0.5, 0.6) is 0 Å². The number of nitrogens with one attached hydrogen (secondary N) is 1. The third-order valence-electron chi connectivity index (χ3n) is 1.69. The molecular weight excluding hydrogens is 126 g/mol. The maximum absolute atomic E-state index is 10.9. The lowest BCUT2D eigenvalue weighted by Crippen LogP contribution is -2.18. The molecule has 0 bridgehead atoms. The fourth-order valence-electron chi connectivity index (χ4n) is 1.07. The van der Waals surface area contributed by atoms with Crippen LogP contribution in [0.1, 0.15) is 19.8 Å². The van der Waals surface area contributed by atoms with Gasteiger partial charge in [0.15, 0.2) is 0 Å². The van der Waals surface area contributed by atoms with E-state index in [2.05, 4.69) is 17.2 Å². The molecule has 2 heteroatoms. The number of carbonyl (C=O) groups excluding carboxylic acids is 1. The molecule has 1 saturated heterocycles. The number of rotatable bonds is 1. The second-order valence-electron chi connectivity index (χ2n) is 2.41. The molecule has 1 aliphatic rings. The highest BCUT2D eigenvalue weighted by Gasteiger charge is 2.22. The van der Waals surface area contributed by atoms with Gasteiger partial charge in [0.05, 0.1) is 5.92 Å². The molecule has 1 aliphatic heterocycles. The maximum Gasteiger partial charge on any atom is 0.224 e. The Morgan fingerprint density at radius 2 is 2.60 bits per heavy atom. The average Bonchev–Trinajstić information content (AvgIpc) is 2.31. The van der Waals surface area contributed by atoms with Crippen LogP contribution in [0.2, 0.25) is 0 Å². The molecule has 0 spiro atoms. The van der Waals surface area contributed by atoms with Crippen molar-refractivity contribution < 1.29 is 4.79 Å². The zero-order chi connectivity index (χ0) is 7.40. The average molecular weight is 137 g/mol. The summed E-state index contributed by atoms with van der Waals surface area (Å²) < 4.78 is 0. The summed E-state index contributed by atoms with van der Waals surface area (Å²) in [6.07, 6.45) is 1.68. The zero-order valence-corrected chi connectivity index (χ0v) is 6.11. The summed E-state index contributed by atoms with van der Waals surface area (Å²) in [6.45, 7) is 2.63. The molecule has 0 radical (unpaired) electrons. The van der Waals surface area contributed by atoms with Gasteiger partial charge in [0, 0.05) is 13.0 Å². The molecule has 0 aliphatic carbocycles. The van der Waals surface area contributed by atoms with Crippen molar-refractivity contribution in [1.82, 2.24) is 5.32 Å². The summed E-state index contributed by atoms with van der Waals surface area (Å²) in [7, 11) is 0. The first-order valence-electron chi connectivity index (χ1n) is 3.52. The molecule has 1 amide bonds. The normalized spacial score (nSPS) is 23.3. The van der Waals surface area contributed by atoms with Crippen LogP contribution in [0.3, 0.4) is 0 Å². The van der Waals surface area contributed by atoms with Crippen LogP contribution < -0.4 is 5.32 Å². The Morgan fingerprint density at radius 3 is 3.10 bits per heavy atom. The molecule has 1 N–H and O–H groups in total. The monoisotopic (exact) mass is 137 g/mol. The van der Waals surface area contributed by atoms with Gasteiger partial charge in [-0.1, -0.05) is 0 Å². The van der Waals surface area contributed by atoms with E-state index in [4.69, 9.17) is 0 Å². The Bertz CT molecular complexity index is 187. The van der Waals surface area contributed by atoms with Gasteiger partial charge >= 0.3 is 0 Å². The van der Waals surface area contributed by atoms with Gasteiger partial charge in [0.1, 0.15) is 0 Å². The van der Waals surface area contributed by atoms with Gasteiger partial charge in [0.2, 0.25) is 5.91 Å². The van der Waals surface area contributed by atoms with Gasteiger partial charge in [-0.25, -0.2) is 0 Å². The first-order valence-corrected chi connectivity index (χ1v) is 3.52. The van der Waals surface area contributed by atoms with Crippen molar-refractivity contribution in [2.75, 3.05) is 6.54 Å². The van der Waals surface area contributed by atoms with E-state index in [0.29, 0.717) is 0 Å². The summed E-state index contributed by atoms with van der Waals surface area (Å²) >= 11 is 0. The fraction of sp³-hybridized carbons (Fsp3) is 0.625. The van der Waals surface area contributed by atoms with Gasteiger partial charge in [-0.3, -0.25) is 4.79 Å². The lowest BCUT2D eigenvalue weighted by atomic mass is 10.1. The van der Waals surface area contributed by atoms with Crippen LogP contribution in [0.15, 0.2) is 0 Å². The molecule has 1 fully saturated rings. The van der Waals surface area contributed by atoms with Crippen LogP contribution in [0, 0.1) is 17.8 Å². The van der Waals surface area contributed by atoms with Crippen molar-refractivity contribution in [1.29, 1.82) is 0 Å². The van der Waals surface area contributed by atoms with Crippen LogP contribution >= 0.6 is 0 Å². The second kappa shape index (κ2) is 3.26. The Labute approximate surface area is 61.0 Å². The Hall–Kier alpha value is -0.970. The summed E-state index contributed by atoms with van der Waals surface area (Å²) in [5, 5.41) is 2.77. The van der Waals surface area contributed by atoms with Gasteiger partial charge in [-0.15, -0.1) is 11.8 Å². The predicted octanol–water partition coefficient (Wildman–Crippen LogP) is 0.536. The minimum absolute atomic E-state index is 0.160. The number of amides is 1. The number of hydrogen-bond donors (Lipinski definition) is 1. The van der Waals surface area contributed by atoms with E-state index in [1.54, 1.807) is 6.92 Å². The van der Waals surface area contributed by atoms with Crippen LogP contribution in [0.4, 0.5) is 0 Å². The largest absolute Gasteiger partial charge is 0.356 e. The SMILES string of the molecule is CC#CCC1CCNC1=O. The van der Waals surface area contributed by atoms with Crippen molar-refractivity contribution in [3.05, 3.63) is 0 Å². The van der Waals surface area contributed by atoms with E-state index in [-0.39, 0.29) is 11.8 Å². The van der Waals surface area contributed by atoms with Crippen molar-refractivity contribution in [2.45, 2.75) is 19.8 Å². The third-order valence-corrected chi connectivity index (χ3v) is 1.69. The highest BCUT2D eigenvalue weighted by molar-refractivity contribution is 5.80. The minimum atomic E-state index is 0.160. The Morgan fingerprint density at radius 1 is 1.80 bits per heavy atom. The summed E-state index contributed by atoms with van der Waals surface area (Å²) in [6, 6.07) is 0. The third kappa shape index (κ3) is 1.51. The van der Waals surface area contributed by atoms with Crippen LogP contribution in [0.25, 0.3) is 0 Å². The molecule has 1 unspecified atom stereocenters. The predicted molar refractivity (Wildman–Crippen MR) is 39.2 cm³/mol. The van der Waals surface area contributed by atoms with Gasteiger partial charge in [-0.2, -0.15) is 0 Å². The Kier molecular flexibility index (Phi) is 2.33. The van der Waals surface area contributed by atoms with Crippen LogP contribution in [-0.2, 0) is 4.79 Å². The van der Waals surface area contributed by atoms with Crippen molar-refractivity contribution >= 4 is 5.91 Å². The van der Waals surface area contributed by atoms with Crippen LogP contribution in [-0.4, -0.2) is 12.5 Å². The molecule has 0 saturated carbocycles. The molecule has 0 aromatic rings. The van der Waals surface area contributed by atoms with E-state index in [0.717, 1.165) is 19.4 Å². The van der Waals surface area contributed by atoms with Crippen molar-refractivity contribution in [2.24, 2.45) is 5.92 Å². The van der Waals surface area contributed by atoms with Crippen molar-refractivity contribution in [3.63, 3.8) is 0 Å². The van der Waals surface area contributed by atoms with Gasteiger partial charge in [-0.05, 0) is 13.3 Å². The zero-order valence-electron chi connectivity index (χ0n) is 6.11. The smallest absolute Gasteiger partial charge is 0.224 e. The molecule has 54 valence electrons. The molecule has 1 atom stereocenters. The van der Waals surface area contributed by atoms with E-state index in [1.165, 1.54) is 0 Å². The van der Waals surface area contributed by atoms with Gasteiger partial charge in [0.25, 0.3) is 0 Å². The van der Waals surface area contributed by atoms with E-state index in [1.807, 2.05) is 0 Å². The topological polar surface area (TPSA) is 29.1 Å². The summed E-state index contributed by atoms with van der Waals surface area (Å²) in [4.78, 5) is 10.9. The number of carbonyl (C=O) groups is 1. The summed E-state index contributed by atoms with van der Waals surface area (Å²) in [5.74, 6) is 6.02. The van der Waals surface area contributed by atoms with Crippen molar-refractivity contribution in [3.8, 4) is 11.8 Å². The first kappa shape index (κ1) is 7.14. The maximum atomic E-state index is 10.9. The summed E-state index contributed by atoms with van der Waals surface area (Å²) in [5.41, 5.74) is 0. The highest BCUT2D eigenvalue weighted by Crippen LogP contribution is 2.12. The minimum Gasteiger partial charge on any atom is -0.356 e. The Balaban J connectivity index is 2.38. The van der Waals surface area contributed by atoms with E-state index >= 15 is 0 Å². The lowest BCUT2D eigenvalue weighted by molar-refractivity contribution is -0.122. The quantitative estimate of drug-likeness (QED) is 0.525. The van der Waals surface area contributed by atoms with Gasteiger partial charge < -0.3 is 5.32 Å². The molecule has 0 aromatic heterocycles. The molecule has 1 rings (SSSR count). The lowest BCUT2D eigenvalue weighted by Gasteiger charge is -1.97. The number of hydrogen-bond acceptors (Lipinski definition) is 1. The van der Waals surface area contributed by atoms with E-state index in [9.17, 15) is 4.79 Å². The van der Waals surface area contributed by atoms with E-state index < -0.39 is 0 Å². The second-order valence-corrected chi connectivity index (χ2v) is 2.41.